The van der Waals surface area contributed by atoms with Crippen molar-refractivity contribution in [3.05, 3.63) is 11.1 Å². The molecule has 22 heavy (non-hydrogen) atoms. The number of nitrogens with one attached hydrogen (secondary N) is 2. The number of hydrogen-bond acceptors (Lipinski definition) is 5. The second-order valence-corrected chi connectivity index (χ2v) is 8.00. The molecule has 6 nitrogen and oxygen atoms in total. The Hall–Kier alpha value is -1.63. The van der Waals surface area contributed by atoms with Gasteiger partial charge in [-0.2, -0.15) is 0 Å². The Morgan fingerprint density at radius 3 is 2.27 bits per heavy atom. The Labute approximate surface area is 135 Å². The van der Waals surface area contributed by atoms with Gasteiger partial charge in [0.1, 0.15) is 11.6 Å². The highest BCUT2D eigenvalue weighted by Gasteiger charge is 2.22. The number of thiazole rings is 1. The van der Waals surface area contributed by atoms with E-state index in [4.69, 9.17) is 4.74 Å². The van der Waals surface area contributed by atoms with Crippen molar-refractivity contribution < 1.29 is 14.3 Å². The molecule has 0 radical (unpaired) electrons. The summed E-state index contributed by atoms with van der Waals surface area (Å²) in [6.07, 6.45) is -0.621. The third-order valence-electron chi connectivity index (χ3n) is 2.63. The molecule has 1 heterocycles. The molecule has 0 aliphatic heterocycles. The first-order valence-electron chi connectivity index (χ1n) is 7.15. The predicted octanol–water partition coefficient (Wildman–Crippen LogP) is 3.29. The first-order chi connectivity index (χ1) is 9.88. The lowest BCUT2D eigenvalue weighted by Gasteiger charge is -2.21. The van der Waals surface area contributed by atoms with Gasteiger partial charge in [0.2, 0.25) is 5.91 Å². The predicted molar refractivity (Wildman–Crippen MR) is 88.3 cm³/mol. The van der Waals surface area contributed by atoms with E-state index in [0.29, 0.717) is 5.13 Å². The summed E-state index contributed by atoms with van der Waals surface area (Å²) < 4.78 is 5.11. The molecular formula is C15H25N3O3S. The summed E-state index contributed by atoms with van der Waals surface area (Å²) >= 11 is 1.36. The molecule has 2 N–H and O–H groups in total. The van der Waals surface area contributed by atoms with Crippen LogP contribution in [-0.4, -0.2) is 28.6 Å². The summed E-state index contributed by atoms with van der Waals surface area (Å²) in [5.41, 5.74) is 0.248. The monoisotopic (exact) mass is 327 g/mol. The molecule has 124 valence electrons. The van der Waals surface area contributed by atoms with E-state index in [1.54, 1.807) is 27.7 Å². The lowest BCUT2D eigenvalue weighted by Crippen LogP contribution is -2.43. The fourth-order valence-corrected chi connectivity index (χ4v) is 2.38. The second-order valence-electron chi connectivity index (χ2n) is 7.15. The molecule has 0 aliphatic rings. The normalized spacial score (nSPS) is 13.4. The maximum Gasteiger partial charge on any atom is 0.408 e. The minimum absolute atomic E-state index is 0.0696. The van der Waals surface area contributed by atoms with Crippen LogP contribution in [-0.2, 0) is 14.9 Å². The standard InChI is InChI=1S/C15H25N3O3S/c1-9(16-13(20)21-15(5,6)7)11(19)18-12-17-10(8-22-12)14(2,3)4/h8-9H,1-7H3,(H,16,20)(H,17,18,19). The Bertz CT molecular complexity index is 541. The molecule has 7 heteroatoms. The van der Waals surface area contributed by atoms with Crippen LogP contribution in [0.15, 0.2) is 5.38 Å². The van der Waals surface area contributed by atoms with Gasteiger partial charge in [0.15, 0.2) is 5.13 Å². The fourth-order valence-electron chi connectivity index (χ4n) is 1.44. The minimum atomic E-state index is -0.711. The third-order valence-corrected chi connectivity index (χ3v) is 3.39. The molecular weight excluding hydrogens is 302 g/mol. The lowest BCUT2D eigenvalue weighted by molar-refractivity contribution is -0.117. The zero-order chi connectivity index (χ0) is 17.1. The number of hydrogen-bond donors (Lipinski definition) is 2. The Balaban J connectivity index is 2.58. The largest absolute Gasteiger partial charge is 0.444 e. The first-order valence-corrected chi connectivity index (χ1v) is 8.03. The maximum absolute atomic E-state index is 12.1. The smallest absolute Gasteiger partial charge is 0.408 e. The average Bonchev–Trinajstić information content (AvgIpc) is 2.74. The summed E-state index contributed by atoms with van der Waals surface area (Å²) in [5.74, 6) is -0.333. The van der Waals surface area contributed by atoms with Crippen LogP contribution in [0.1, 0.15) is 54.2 Å². The number of alkyl carbamates (subject to hydrolysis) is 1. The SMILES string of the molecule is CC(NC(=O)OC(C)(C)C)C(=O)Nc1nc(C(C)(C)C)cs1. The van der Waals surface area contributed by atoms with Crippen LogP contribution in [0.25, 0.3) is 0 Å². The molecule has 0 fully saturated rings. The highest BCUT2D eigenvalue weighted by molar-refractivity contribution is 7.14. The van der Waals surface area contributed by atoms with Crippen LogP contribution in [0, 0.1) is 0 Å². The number of carbonyl (C=O) groups is 2. The fraction of sp³-hybridized carbons (Fsp3) is 0.667. The number of ether oxygens (including phenoxy) is 1. The summed E-state index contributed by atoms with van der Waals surface area (Å²) in [7, 11) is 0. The number of aromatic nitrogens is 1. The molecule has 0 aromatic carbocycles. The van der Waals surface area contributed by atoms with Crippen molar-refractivity contribution in [1.82, 2.24) is 10.3 Å². The van der Waals surface area contributed by atoms with Gasteiger partial charge in [0.25, 0.3) is 0 Å². The zero-order valence-electron chi connectivity index (χ0n) is 14.2. The number of rotatable bonds is 3. The van der Waals surface area contributed by atoms with Gasteiger partial charge in [-0.25, -0.2) is 9.78 Å². The maximum atomic E-state index is 12.1. The number of anilines is 1. The van der Waals surface area contributed by atoms with Gasteiger partial charge in [0.05, 0.1) is 5.69 Å². The van der Waals surface area contributed by atoms with Gasteiger partial charge in [-0.15, -0.1) is 11.3 Å². The quantitative estimate of drug-likeness (QED) is 0.892. The van der Waals surface area contributed by atoms with Crippen molar-refractivity contribution in [3.63, 3.8) is 0 Å². The first kappa shape index (κ1) is 18.4. The van der Waals surface area contributed by atoms with E-state index in [1.165, 1.54) is 11.3 Å². The number of carbonyl (C=O) groups excluding carboxylic acids is 2. The van der Waals surface area contributed by atoms with Crippen molar-refractivity contribution in [3.8, 4) is 0 Å². The van der Waals surface area contributed by atoms with Crippen LogP contribution in [0.2, 0.25) is 0 Å². The Kier molecular flexibility index (Phi) is 5.56. The van der Waals surface area contributed by atoms with Crippen molar-refractivity contribution in [2.45, 2.75) is 65.5 Å². The number of amides is 2. The van der Waals surface area contributed by atoms with Crippen LogP contribution >= 0.6 is 11.3 Å². The molecule has 1 aromatic rings. The van der Waals surface area contributed by atoms with E-state index in [1.807, 2.05) is 5.38 Å². The van der Waals surface area contributed by atoms with Crippen molar-refractivity contribution in [2.75, 3.05) is 5.32 Å². The van der Waals surface area contributed by atoms with Gasteiger partial charge in [-0.3, -0.25) is 4.79 Å². The molecule has 0 saturated heterocycles. The second kappa shape index (κ2) is 6.64. The Morgan fingerprint density at radius 1 is 1.23 bits per heavy atom. The molecule has 1 rings (SSSR count). The molecule has 1 atom stereocenters. The van der Waals surface area contributed by atoms with Gasteiger partial charge >= 0.3 is 6.09 Å². The molecule has 0 bridgehead atoms. The van der Waals surface area contributed by atoms with Crippen LogP contribution in [0.5, 0.6) is 0 Å². The zero-order valence-corrected chi connectivity index (χ0v) is 15.1. The van der Waals surface area contributed by atoms with E-state index in [0.717, 1.165) is 5.69 Å². The van der Waals surface area contributed by atoms with Crippen LogP contribution < -0.4 is 10.6 Å². The van der Waals surface area contributed by atoms with E-state index < -0.39 is 17.7 Å². The molecule has 1 unspecified atom stereocenters. The van der Waals surface area contributed by atoms with Crippen molar-refractivity contribution in [1.29, 1.82) is 0 Å². The van der Waals surface area contributed by atoms with Crippen molar-refractivity contribution >= 4 is 28.5 Å². The summed E-state index contributed by atoms with van der Waals surface area (Å²) in [6, 6.07) is -0.711. The van der Waals surface area contributed by atoms with E-state index in [9.17, 15) is 9.59 Å². The molecule has 1 aromatic heterocycles. The highest BCUT2D eigenvalue weighted by Crippen LogP contribution is 2.26. The topological polar surface area (TPSA) is 80.3 Å². The van der Waals surface area contributed by atoms with E-state index >= 15 is 0 Å². The number of nitrogens with zero attached hydrogens (tertiary/aromatic N) is 1. The summed E-state index contributed by atoms with van der Waals surface area (Å²) in [6.45, 7) is 13.1. The third kappa shape index (κ3) is 6.01. The van der Waals surface area contributed by atoms with Crippen molar-refractivity contribution in [2.24, 2.45) is 0 Å². The summed E-state index contributed by atoms with van der Waals surface area (Å²) in [5, 5.41) is 7.64. The Morgan fingerprint density at radius 2 is 1.82 bits per heavy atom. The van der Waals surface area contributed by atoms with Crippen LogP contribution in [0.4, 0.5) is 9.93 Å². The van der Waals surface area contributed by atoms with Gasteiger partial charge in [0, 0.05) is 10.8 Å². The minimum Gasteiger partial charge on any atom is -0.444 e. The van der Waals surface area contributed by atoms with Gasteiger partial charge < -0.3 is 15.4 Å². The van der Waals surface area contributed by atoms with E-state index in [2.05, 4.69) is 36.4 Å². The van der Waals surface area contributed by atoms with Gasteiger partial charge in [-0.1, -0.05) is 20.8 Å². The van der Waals surface area contributed by atoms with E-state index in [-0.39, 0.29) is 11.3 Å². The molecule has 2 amide bonds. The highest BCUT2D eigenvalue weighted by atomic mass is 32.1. The molecule has 0 aliphatic carbocycles. The molecule has 0 spiro atoms. The van der Waals surface area contributed by atoms with Crippen LogP contribution in [0.3, 0.4) is 0 Å². The lowest BCUT2D eigenvalue weighted by atomic mass is 9.93. The van der Waals surface area contributed by atoms with Gasteiger partial charge in [-0.05, 0) is 27.7 Å². The molecule has 0 saturated carbocycles. The average molecular weight is 327 g/mol. The summed E-state index contributed by atoms with van der Waals surface area (Å²) in [4.78, 5) is 28.1.